The molecule has 0 aliphatic heterocycles. The maximum atomic E-state index is 12.4. The minimum Gasteiger partial charge on any atom is -0.478 e. The summed E-state index contributed by atoms with van der Waals surface area (Å²) in [7, 11) is 0. The third kappa shape index (κ3) is 4.11. The van der Waals surface area contributed by atoms with Crippen LogP contribution in [0, 0.1) is 11.3 Å². The molecule has 3 rings (SSSR count). The lowest BCUT2D eigenvalue weighted by Gasteiger charge is -2.08. The van der Waals surface area contributed by atoms with E-state index in [4.69, 9.17) is 5.11 Å². The number of anilines is 1. The number of para-hydroxylation sites is 1. The Hall–Kier alpha value is -4.11. The normalized spacial score (nSPS) is 10.9. The van der Waals surface area contributed by atoms with Gasteiger partial charge in [0.15, 0.2) is 0 Å². The second-order valence-corrected chi connectivity index (χ2v) is 5.65. The standard InChI is InChI=1S/C21H15N3O3/c22-14-16(20(25)23-17-7-2-1-3-8-17)13-19-10-5-11-24(19)18-9-4-6-15(12-18)21(26)27/h1-13H,(H,23,25)(H,26,27). The Morgan fingerprint density at radius 2 is 1.81 bits per heavy atom. The number of carboxylic acid groups (broad SMARTS) is 1. The third-order valence-electron chi connectivity index (χ3n) is 3.84. The highest BCUT2D eigenvalue weighted by atomic mass is 16.4. The fraction of sp³-hybridized carbons (Fsp3) is 0. The smallest absolute Gasteiger partial charge is 0.335 e. The summed E-state index contributed by atoms with van der Waals surface area (Å²) in [6, 6.07) is 20.7. The van der Waals surface area contributed by atoms with Crippen LogP contribution < -0.4 is 5.32 Å². The van der Waals surface area contributed by atoms with Crippen molar-refractivity contribution >= 4 is 23.6 Å². The molecule has 6 heteroatoms. The molecule has 2 N–H and O–H groups in total. The third-order valence-corrected chi connectivity index (χ3v) is 3.84. The molecule has 3 aromatic rings. The van der Waals surface area contributed by atoms with Gasteiger partial charge in [0.2, 0.25) is 0 Å². The van der Waals surface area contributed by atoms with Crippen LogP contribution in [0.15, 0.2) is 78.5 Å². The van der Waals surface area contributed by atoms with Crippen LogP contribution in [-0.4, -0.2) is 21.6 Å². The summed E-state index contributed by atoms with van der Waals surface area (Å²) in [5.74, 6) is -1.54. The number of nitriles is 1. The van der Waals surface area contributed by atoms with Gasteiger partial charge in [-0.3, -0.25) is 4.79 Å². The summed E-state index contributed by atoms with van der Waals surface area (Å²) in [5.41, 5.74) is 1.88. The Balaban J connectivity index is 1.92. The summed E-state index contributed by atoms with van der Waals surface area (Å²) >= 11 is 0. The Morgan fingerprint density at radius 3 is 2.52 bits per heavy atom. The van der Waals surface area contributed by atoms with Crippen molar-refractivity contribution in [3.63, 3.8) is 0 Å². The van der Waals surface area contributed by atoms with Gasteiger partial charge in [0, 0.05) is 23.3 Å². The van der Waals surface area contributed by atoms with Crippen molar-refractivity contribution in [2.45, 2.75) is 0 Å². The highest BCUT2D eigenvalue weighted by molar-refractivity contribution is 6.09. The number of nitrogens with one attached hydrogen (secondary N) is 1. The minimum atomic E-state index is -1.03. The van der Waals surface area contributed by atoms with E-state index in [1.807, 2.05) is 12.1 Å². The Morgan fingerprint density at radius 1 is 1.04 bits per heavy atom. The minimum absolute atomic E-state index is 0.0619. The van der Waals surface area contributed by atoms with Crippen LogP contribution in [0.3, 0.4) is 0 Å². The average Bonchev–Trinajstić information content (AvgIpc) is 3.15. The molecule has 0 radical (unpaired) electrons. The zero-order valence-corrected chi connectivity index (χ0v) is 14.2. The topological polar surface area (TPSA) is 95.1 Å². The van der Waals surface area contributed by atoms with Gasteiger partial charge in [-0.2, -0.15) is 5.26 Å². The van der Waals surface area contributed by atoms with Crippen LogP contribution in [-0.2, 0) is 4.79 Å². The molecule has 0 spiro atoms. The second-order valence-electron chi connectivity index (χ2n) is 5.65. The van der Waals surface area contributed by atoms with E-state index in [1.165, 1.54) is 18.2 Å². The summed E-state index contributed by atoms with van der Waals surface area (Å²) in [5, 5.41) is 21.2. The summed E-state index contributed by atoms with van der Waals surface area (Å²) in [6.45, 7) is 0. The van der Waals surface area contributed by atoms with E-state index in [0.717, 1.165) is 0 Å². The summed E-state index contributed by atoms with van der Waals surface area (Å²) < 4.78 is 1.71. The van der Waals surface area contributed by atoms with Crippen LogP contribution in [0.4, 0.5) is 5.69 Å². The number of nitrogens with zero attached hydrogens (tertiary/aromatic N) is 2. The molecular weight excluding hydrogens is 342 g/mol. The van der Waals surface area contributed by atoms with Crippen LogP contribution in [0.5, 0.6) is 0 Å². The fourth-order valence-corrected chi connectivity index (χ4v) is 2.55. The molecule has 0 aliphatic rings. The second kappa shape index (κ2) is 7.85. The van der Waals surface area contributed by atoms with Gasteiger partial charge in [-0.25, -0.2) is 4.79 Å². The molecule has 1 aromatic heterocycles. The quantitative estimate of drug-likeness (QED) is 0.537. The van der Waals surface area contributed by atoms with Gasteiger partial charge in [-0.1, -0.05) is 24.3 Å². The average molecular weight is 357 g/mol. The van der Waals surface area contributed by atoms with Crippen LogP contribution in [0.2, 0.25) is 0 Å². The molecule has 0 unspecified atom stereocenters. The molecule has 132 valence electrons. The lowest BCUT2D eigenvalue weighted by molar-refractivity contribution is -0.112. The number of aromatic carboxylic acids is 1. The monoisotopic (exact) mass is 357 g/mol. The first kappa shape index (κ1) is 17.7. The SMILES string of the molecule is N#CC(=Cc1cccn1-c1cccc(C(=O)O)c1)C(=O)Nc1ccccc1. The maximum absolute atomic E-state index is 12.4. The number of amides is 1. The summed E-state index contributed by atoms with van der Waals surface area (Å²) in [4.78, 5) is 23.5. The molecule has 2 aromatic carbocycles. The predicted octanol–water partition coefficient (Wildman–Crippen LogP) is 3.72. The number of hydrogen-bond donors (Lipinski definition) is 2. The van der Waals surface area contributed by atoms with Crippen molar-refractivity contribution in [2.75, 3.05) is 5.32 Å². The Bertz CT molecular complexity index is 1060. The number of carboxylic acids is 1. The number of aromatic nitrogens is 1. The molecule has 0 fully saturated rings. The Kier molecular flexibility index (Phi) is 5.15. The predicted molar refractivity (Wildman–Crippen MR) is 101 cm³/mol. The molecule has 0 bridgehead atoms. The fourth-order valence-electron chi connectivity index (χ4n) is 2.55. The number of benzene rings is 2. The zero-order valence-electron chi connectivity index (χ0n) is 14.2. The van der Waals surface area contributed by atoms with Gasteiger partial charge in [-0.15, -0.1) is 0 Å². The van der Waals surface area contributed by atoms with Crippen molar-refractivity contribution < 1.29 is 14.7 Å². The van der Waals surface area contributed by atoms with E-state index < -0.39 is 11.9 Å². The maximum Gasteiger partial charge on any atom is 0.335 e. The Labute approximate surface area is 155 Å². The molecule has 1 heterocycles. The number of rotatable bonds is 5. The van der Waals surface area contributed by atoms with E-state index in [2.05, 4.69) is 5.32 Å². The highest BCUT2D eigenvalue weighted by Gasteiger charge is 2.12. The van der Waals surface area contributed by atoms with E-state index in [0.29, 0.717) is 17.1 Å². The molecule has 0 saturated heterocycles. The summed E-state index contributed by atoms with van der Waals surface area (Å²) in [6.07, 6.45) is 3.20. The molecule has 1 amide bonds. The van der Waals surface area contributed by atoms with E-state index in [-0.39, 0.29) is 11.1 Å². The first-order valence-corrected chi connectivity index (χ1v) is 8.08. The van der Waals surface area contributed by atoms with Gasteiger partial charge in [-0.05, 0) is 48.5 Å². The van der Waals surface area contributed by atoms with Crippen molar-refractivity contribution in [1.29, 1.82) is 5.26 Å². The number of hydrogen-bond acceptors (Lipinski definition) is 3. The van der Waals surface area contributed by atoms with Crippen molar-refractivity contribution in [3.05, 3.63) is 89.8 Å². The van der Waals surface area contributed by atoms with E-state index in [1.54, 1.807) is 59.3 Å². The van der Waals surface area contributed by atoms with Crippen molar-refractivity contribution in [1.82, 2.24) is 4.57 Å². The first-order valence-electron chi connectivity index (χ1n) is 8.08. The van der Waals surface area contributed by atoms with Gasteiger partial charge in [0.25, 0.3) is 5.91 Å². The van der Waals surface area contributed by atoms with Crippen molar-refractivity contribution in [2.24, 2.45) is 0 Å². The molecule has 6 nitrogen and oxygen atoms in total. The first-order chi connectivity index (χ1) is 13.1. The van der Waals surface area contributed by atoms with Gasteiger partial charge < -0.3 is 15.0 Å². The molecule has 0 atom stereocenters. The van der Waals surface area contributed by atoms with Crippen LogP contribution >= 0.6 is 0 Å². The van der Waals surface area contributed by atoms with Crippen LogP contribution in [0.1, 0.15) is 16.1 Å². The van der Waals surface area contributed by atoms with Crippen molar-refractivity contribution in [3.8, 4) is 11.8 Å². The number of carbonyl (C=O) groups excluding carboxylic acids is 1. The highest BCUT2D eigenvalue weighted by Crippen LogP contribution is 2.18. The van der Waals surface area contributed by atoms with Gasteiger partial charge >= 0.3 is 5.97 Å². The number of carbonyl (C=O) groups is 2. The molecule has 0 aliphatic carbocycles. The molecule has 27 heavy (non-hydrogen) atoms. The lowest BCUT2D eigenvalue weighted by atomic mass is 10.2. The lowest BCUT2D eigenvalue weighted by Crippen LogP contribution is -2.13. The van der Waals surface area contributed by atoms with Gasteiger partial charge in [0.05, 0.1) is 5.56 Å². The van der Waals surface area contributed by atoms with E-state index >= 15 is 0 Å². The molecule has 0 saturated carbocycles. The molecular formula is C21H15N3O3. The van der Waals surface area contributed by atoms with Crippen LogP contribution in [0.25, 0.3) is 11.8 Å². The van der Waals surface area contributed by atoms with E-state index in [9.17, 15) is 14.9 Å². The largest absolute Gasteiger partial charge is 0.478 e. The van der Waals surface area contributed by atoms with Gasteiger partial charge in [0.1, 0.15) is 11.6 Å². The zero-order chi connectivity index (χ0) is 19.2.